The summed E-state index contributed by atoms with van der Waals surface area (Å²) in [5.74, 6) is 0.426. The van der Waals surface area contributed by atoms with Crippen LogP contribution in [-0.2, 0) is 11.3 Å². The number of benzene rings is 2. The van der Waals surface area contributed by atoms with E-state index < -0.39 is 6.04 Å². The molecule has 40 heavy (non-hydrogen) atoms. The number of carbonyl (C=O) groups excluding carboxylic acids is 1. The van der Waals surface area contributed by atoms with Gasteiger partial charge in [0.25, 0.3) is 17.2 Å². The molecular formula is C31H37N5O4. The van der Waals surface area contributed by atoms with Gasteiger partial charge < -0.3 is 14.2 Å². The van der Waals surface area contributed by atoms with Crippen molar-refractivity contribution in [1.82, 2.24) is 24.5 Å². The number of morpholine rings is 1. The number of hydrogen-bond acceptors (Lipinski definition) is 7. The number of carbonyl (C=O) groups is 1. The van der Waals surface area contributed by atoms with Crippen molar-refractivity contribution in [1.29, 1.82) is 0 Å². The third-order valence-corrected chi connectivity index (χ3v) is 7.58. The number of rotatable bonds is 10. The highest BCUT2D eigenvalue weighted by Gasteiger charge is 2.30. The second kappa shape index (κ2) is 12.6. The lowest BCUT2D eigenvalue weighted by Crippen LogP contribution is -2.42. The maximum atomic E-state index is 14.1. The van der Waals surface area contributed by atoms with Crippen molar-refractivity contribution in [2.45, 2.75) is 46.2 Å². The van der Waals surface area contributed by atoms with E-state index in [2.05, 4.69) is 10.1 Å². The molecular weight excluding hydrogens is 506 g/mol. The minimum Gasteiger partial charge on any atom is -0.379 e. The van der Waals surface area contributed by atoms with E-state index in [1.54, 1.807) is 11.5 Å². The second-order valence-electron chi connectivity index (χ2n) is 10.4. The molecule has 0 aliphatic carbocycles. The van der Waals surface area contributed by atoms with Crippen LogP contribution in [0.1, 0.15) is 58.8 Å². The number of fused-ring (bicyclic) bond motifs is 1. The summed E-state index contributed by atoms with van der Waals surface area (Å²) < 4.78 is 12.7. The van der Waals surface area contributed by atoms with Crippen molar-refractivity contribution in [3.8, 4) is 0 Å². The molecule has 1 aliphatic heterocycles. The van der Waals surface area contributed by atoms with E-state index in [0.29, 0.717) is 42.0 Å². The molecule has 9 nitrogen and oxygen atoms in total. The summed E-state index contributed by atoms with van der Waals surface area (Å²) in [5, 5.41) is 4.39. The number of nitrogens with zero attached hydrogens (tertiary/aromatic N) is 5. The largest absolute Gasteiger partial charge is 0.379 e. The summed E-state index contributed by atoms with van der Waals surface area (Å²) in [5.41, 5.74) is 3.18. The van der Waals surface area contributed by atoms with Crippen molar-refractivity contribution in [2.24, 2.45) is 0 Å². The standard InChI is InChI=1S/C31H37N5O4/c1-4-26(28-32-29-27(23(3)33-40-29)31(38)36(28)21-24-9-6-5-7-10-24)35(16-8-15-34-17-19-39-20-18-34)30(37)25-13-11-22(2)12-14-25/h5-7,9-14,26H,4,8,15-21H2,1-3H3. The van der Waals surface area contributed by atoms with Gasteiger partial charge in [-0.25, -0.2) is 0 Å². The number of amides is 1. The Labute approximate surface area is 234 Å². The van der Waals surface area contributed by atoms with Crippen LogP contribution < -0.4 is 5.56 Å². The highest BCUT2D eigenvalue weighted by molar-refractivity contribution is 5.94. The Morgan fingerprint density at radius 2 is 1.77 bits per heavy atom. The molecule has 5 rings (SSSR count). The lowest BCUT2D eigenvalue weighted by atomic mass is 10.1. The predicted octanol–water partition coefficient (Wildman–Crippen LogP) is 4.37. The summed E-state index contributed by atoms with van der Waals surface area (Å²) in [6.07, 6.45) is 1.37. The molecule has 1 saturated heterocycles. The molecule has 2 aromatic carbocycles. The average Bonchev–Trinajstić information content (AvgIpc) is 3.36. The van der Waals surface area contributed by atoms with E-state index in [1.807, 2.05) is 73.3 Å². The summed E-state index contributed by atoms with van der Waals surface area (Å²) >= 11 is 0. The van der Waals surface area contributed by atoms with E-state index in [1.165, 1.54) is 0 Å². The normalized spacial score (nSPS) is 14.9. The number of ether oxygens (including phenoxy) is 1. The molecule has 1 amide bonds. The molecule has 210 valence electrons. The lowest BCUT2D eigenvalue weighted by molar-refractivity contribution is 0.0343. The number of aryl methyl sites for hydroxylation is 2. The highest BCUT2D eigenvalue weighted by Crippen LogP contribution is 2.27. The van der Waals surface area contributed by atoms with Crippen LogP contribution in [0.4, 0.5) is 0 Å². The SMILES string of the molecule is CCC(c1nc2onc(C)c2c(=O)n1Cc1ccccc1)N(CCCN1CCOCC1)C(=O)c1ccc(C)cc1. The predicted molar refractivity (Wildman–Crippen MR) is 153 cm³/mol. The molecule has 0 saturated carbocycles. The van der Waals surface area contributed by atoms with Crippen LogP contribution in [0, 0.1) is 13.8 Å². The Kier molecular flexibility index (Phi) is 8.72. The van der Waals surface area contributed by atoms with Gasteiger partial charge in [0.1, 0.15) is 11.2 Å². The quantitative estimate of drug-likeness (QED) is 0.293. The first-order valence-electron chi connectivity index (χ1n) is 14.0. The minimum atomic E-state index is -0.440. The molecule has 4 aromatic rings. The van der Waals surface area contributed by atoms with Gasteiger partial charge in [-0.05, 0) is 44.4 Å². The molecule has 0 bridgehead atoms. The Balaban J connectivity index is 1.56. The first kappa shape index (κ1) is 27.7. The van der Waals surface area contributed by atoms with Crippen molar-refractivity contribution in [3.63, 3.8) is 0 Å². The summed E-state index contributed by atoms with van der Waals surface area (Å²) in [7, 11) is 0. The van der Waals surface area contributed by atoms with Crippen LogP contribution in [0.2, 0.25) is 0 Å². The van der Waals surface area contributed by atoms with E-state index in [4.69, 9.17) is 14.2 Å². The number of aromatic nitrogens is 3. The Morgan fingerprint density at radius 3 is 2.48 bits per heavy atom. The monoisotopic (exact) mass is 543 g/mol. The Morgan fingerprint density at radius 1 is 1.05 bits per heavy atom. The topological polar surface area (TPSA) is 93.7 Å². The van der Waals surface area contributed by atoms with Gasteiger partial charge in [0.15, 0.2) is 0 Å². The van der Waals surface area contributed by atoms with E-state index >= 15 is 0 Å². The second-order valence-corrected chi connectivity index (χ2v) is 10.4. The van der Waals surface area contributed by atoms with Gasteiger partial charge in [-0.2, -0.15) is 4.98 Å². The Hall–Kier alpha value is -3.82. The van der Waals surface area contributed by atoms with Crippen LogP contribution in [-0.4, -0.2) is 69.8 Å². The number of hydrogen-bond donors (Lipinski definition) is 0. The third kappa shape index (κ3) is 6.00. The fraction of sp³-hybridized carbons (Fsp3) is 0.419. The molecule has 2 aromatic heterocycles. The first-order chi connectivity index (χ1) is 19.5. The average molecular weight is 544 g/mol. The maximum absolute atomic E-state index is 14.1. The van der Waals surface area contributed by atoms with E-state index in [-0.39, 0.29) is 17.2 Å². The summed E-state index contributed by atoms with van der Waals surface area (Å²) in [6, 6.07) is 17.0. The molecule has 1 atom stereocenters. The van der Waals surface area contributed by atoms with Crippen LogP contribution in [0.15, 0.2) is 63.9 Å². The third-order valence-electron chi connectivity index (χ3n) is 7.58. The molecule has 0 N–H and O–H groups in total. The van der Waals surface area contributed by atoms with E-state index in [9.17, 15) is 9.59 Å². The zero-order valence-corrected chi connectivity index (χ0v) is 23.5. The minimum absolute atomic E-state index is 0.0804. The molecule has 0 spiro atoms. The Bertz CT molecular complexity index is 1490. The van der Waals surface area contributed by atoms with Gasteiger partial charge in [-0.15, -0.1) is 0 Å². The van der Waals surface area contributed by atoms with Crippen LogP contribution in [0.5, 0.6) is 0 Å². The van der Waals surface area contributed by atoms with Gasteiger partial charge >= 0.3 is 0 Å². The summed E-state index contributed by atoms with van der Waals surface area (Å²) in [4.78, 5) is 37.0. The van der Waals surface area contributed by atoms with Crippen LogP contribution >= 0.6 is 0 Å². The molecule has 1 aliphatic rings. The highest BCUT2D eigenvalue weighted by atomic mass is 16.5. The van der Waals surface area contributed by atoms with Gasteiger partial charge in [0, 0.05) is 31.7 Å². The van der Waals surface area contributed by atoms with Crippen molar-refractivity contribution in [2.75, 3.05) is 39.4 Å². The fourth-order valence-corrected chi connectivity index (χ4v) is 5.35. The lowest BCUT2D eigenvalue weighted by Gasteiger charge is -2.33. The van der Waals surface area contributed by atoms with Crippen LogP contribution in [0.25, 0.3) is 11.1 Å². The zero-order valence-electron chi connectivity index (χ0n) is 23.5. The maximum Gasteiger partial charge on any atom is 0.267 e. The van der Waals surface area contributed by atoms with Crippen molar-refractivity contribution < 1.29 is 14.1 Å². The smallest absolute Gasteiger partial charge is 0.267 e. The molecule has 1 unspecified atom stereocenters. The summed E-state index contributed by atoms with van der Waals surface area (Å²) in [6.45, 7) is 10.7. The van der Waals surface area contributed by atoms with Gasteiger partial charge in [0.05, 0.1) is 31.5 Å². The van der Waals surface area contributed by atoms with Gasteiger partial charge in [0.2, 0.25) is 0 Å². The molecule has 0 radical (unpaired) electrons. The van der Waals surface area contributed by atoms with Gasteiger partial charge in [-0.1, -0.05) is 60.1 Å². The van der Waals surface area contributed by atoms with Crippen LogP contribution in [0.3, 0.4) is 0 Å². The van der Waals surface area contributed by atoms with Crippen molar-refractivity contribution >= 4 is 17.0 Å². The zero-order chi connectivity index (χ0) is 28.1. The molecule has 9 heteroatoms. The van der Waals surface area contributed by atoms with Gasteiger partial charge in [-0.3, -0.25) is 19.1 Å². The first-order valence-corrected chi connectivity index (χ1v) is 14.0. The van der Waals surface area contributed by atoms with E-state index in [0.717, 1.165) is 50.4 Å². The molecule has 1 fully saturated rings. The fourth-order valence-electron chi connectivity index (χ4n) is 5.35. The van der Waals surface area contributed by atoms with Crippen molar-refractivity contribution in [3.05, 3.63) is 93.2 Å². The molecule has 3 heterocycles.